The lowest BCUT2D eigenvalue weighted by Crippen LogP contribution is -2.44. The van der Waals surface area contributed by atoms with Gasteiger partial charge in [0.1, 0.15) is 0 Å². The Morgan fingerprint density at radius 1 is 1.24 bits per heavy atom. The summed E-state index contributed by atoms with van der Waals surface area (Å²) in [5.41, 5.74) is 0. The summed E-state index contributed by atoms with van der Waals surface area (Å²) in [6, 6.07) is 0.620. The van der Waals surface area contributed by atoms with E-state index >= 15 is 0 Å². The van der Waals surface area contributed by atoms with Crippen molar-refractivity contribution >= 4 is 0 Å². The average molecular weight is 253 g/mol. The maximum atomic E-state index is 11.9. The highest BCUT2D eigenvalue weighted by atomic mass is 19.4. The second-order valence-electron chi connectivity index (χ2n) is 4.83. The van der Waals surface area contributed by atoms with E-state index in [-0.39, 0.29) is 0 Å². The molecule has 0 atom stereocenters. The number of nitrogens with zero attached hydrogens (tertiary/aromatic N) is 2. The maximum Gasteiger partial charge on any atom is 0.401 e. The van der Waals surface area contributed by atoms with E-state index in [0.29, 0.717) is 19.1 Å². The lowest BCUT2D eigenvalue weighted by atomic mass is 10.0. The summed E-state index contributed by atoms with van der Waals surface area (Å²) in [5.74, 6) is 0. The highest BCUT2D eigenvalue weighted by molar-refractivity contribution is 4.77. The second kappa shape index (κ2) is 6.56. The van der Waals surface area contributed by atoms with Gasteiger partial charge in [0.2, 0.25) is 0 Å². The predicted molar refractivity (Wildman–Crippen MR) is 62.1 cm³/mol. The predicted octanol–water partition coefficient (Wildman–Crippen LogP) is 1.16. The Morgan fingerprint density at radius 2 is 1.82 bits per heavy atom. The van der Waals surface area contributed by atoms with Crippen molar-refractivity contribution in [2.45, 2.75) is 25.1 Å². The van der Waals surface area contributed by atoms with E-state index in [2.05, 4.69) is 29.2 Å². The minimum atomic E-state index is -4.10. The topological polar surface area (TPSA) is 18.5 Å². The number of alkyl halides is 3. The van der Waals surface area contributed by atoms with Crippen LogP contribution in [0.25, 0.3) is 0 Å². The smallest absolute Gasteiger partial charge is 0.307 e. The Kier molecular flexibility index (Phi) is 5.69. The Morgan fingerprint density at radius 3 is 2.29 bits per heavy atom. The third-order valence-corrected chi connectivity index (χ3v) is 3.22. The van der Waals surface area contributed by atoms with Gasteiger partial charge >= 0.3 is 6.18 Å². The molecule has 0 radical (unpaired) electrons. The Bertz CT molecular complexity index is 210. The molecule has 1 aliphatic rings. The molecule has 3 nitrogen and oxygen atoms in total. The molecule has 0 aliphatic carbocycles. The summed E-state index contributed by atoms with van der Waals surface area (Å²) in [4.78, 5) is 4.45. The van der Waals surface area contributed by atoms with Gasteiger partial charge in [0, 0.05) is 19.1 Å². The molecule has 0 unspecified atom stereocenters. The lowest BCUT2D eigenvalue weighted by molar-refractivity contribution is -0.124. The molecule has 0 bridgehead atoms. The fraction of sp³-hybridized carbons (Fsp3) is 1.00. The molecule has 0 saturated carbocycles. The van der Waals surface area contributed by atoms with Crippen LogP contribution in [0.4, 0.5) is 13.2 Å². The van der Waals surface area contributed by atoms with Gasteiger partial charge in [0.15, 0.2) is 0 Å². The van der Waals surface area contributed by atoms with Gasteiger partial charge in [0.25, 0.3) is 0 Å². The molecule has 0 aromatic heterocycles. The SMILES string of the molecule is CN(C)C1CCN(CCNCC(F)(F)F)CC1. The van der Waals surface area contributed by atoms with Gasteiger partial charge in [-0.15, -0.1) is 0 Å². The average Bonchev–Trinajstić information content (AvgIpc) is 2.24. The monoisotopic (exact) mass is 253 g/mol. The molecule has 0 spiro atoms. The van der Waals surface area contributed by atoms with Gasteiger partial charge in [-0.2, -0.15) is 13.2 Å². The van der Waals surface area contributed by atoms with E-state index in [1.807, 2.05) is 0 Å². The van der Waals surface area contributed by atoms with Gasteiger partial charge in [-0.1, -0.05) is 0 Å². The molecule has 6 heteroatoms. The van der Waals surface area contributed by atoms with Crippen LogP contribution in [0.2, 0.25) is 0 Å². The first-order valence-electron chi connectivity index (χ1n) is 6.05. The van der Waals surface area contributed by atoms with Crippen molar-refractivity contribution in [1.82, 2.24) is 15.1 Å². The number of halogens is 3. The summed E-state index contributed by atoms with van der Waals surface area (Å²) in [5, 5.41) is 2.43. The van der Waals surface area contributed by atoms with E-state index in [9.17, 15) is 13.2 Å². The van der Waals surface area contributed by atoms with E-state index in [1.165, 1.54) is 0 Å². The van der Waals surface area contributed by atoms with Crippen LogP contribution in [0.5, 0.6) is 0 Å². The Hall–Kier alpha value is -0.330. The van der Waals surface area contributed by atoms with Gasteiger partial charge in [-0.3, -0.25) is 0 Å². The van der Waals surface area contributed by atoms with Gasteiger partial charge in [0.05, 0.1) is 6.54 Å². The highest BCUT2D eigenvalue weighted by Gasteiger charge is 2.26. The molecule has 1 heterocycles. The number of piperidine rings is 1. The number of hydrogen-bond donors (Lipinski definition) is 1. The summed E-state index contributed by atoms with van der Waals surface area (Å²) < 4.78 is 35.6. The third kappa shape index (κ3) is 6.24. The Labute approximate surface area is 101 Å². The first kappa shape index (κ1) is 14.7. The number of hydrogen-bond acceptors (Lipinski definition) is 3. The van der Waals surface area contributed by atoms with Gasteiger partial charge < -0.3 is 15.1 Å². The molecular formula is C11H22F3N3. The van der Waals surface area contributed by atoms with E-state index in [0.717, 1.165) is 25.9 Å². The van der Waals surface area contributed by atoms with E-state index in [4.69, 9.17) is 0 Å². The zero-order valence-electron chi connectivity index (χ0n) is 10.6. The summed E-state index contributed by atoms with van der Waals surface area (Å²) in [6.07, 6.45) is -1.89. The Balaban J connectivity index is 2.07. The third-order valence-electron chi connectivity index (χ3n) is 3.22. The maximum absolute atomic E-state index is 11.9. The molecule has 0 amide bonds. The molecule has 102 valence electrons. The molecule has 17 heavy (non-hydrogen) atoms. The fourth-order valence-electron chi connectivity index (χ4n) is 2.13. The van der Waals surface area contributed by atoms with Crippen LogP contribution in [-0.4, -0.2) is 68.8 Å². The molecule has 1 saturated heterocycles. The number of rotatable bonds is 5. The largest absolute Gasteiger partial charge is 0.401 e. The van der Waals surface area contributed by atoms with Crippen molar-refractivity contribution in [1.29, 1.82) is 0 Å². The van der Waals surface area contributed by atoms with Crippen LogP contribution in [-0.2, 0) is 0 Å². The zero-order valence-corrected chi connectivity index (χ0v) is 10.6. The summed E-state index contributed by atoms with van der Waals surface area (Å²) >= 11 is 0. The zero-order chi connectivity index (χ0) is 12.9. The summed E-state index contributed by atoms with van der Waals surface area (Å²) in [6.45, 7) is 2.19. The van der Waals surface area contributed by atoms with Crippen LogP contribution in [0.1, 0.15) is 12.8 Å². The fourth-order valence-corrected chi connectivity index (χ4v) is 2.13. The standard InChI is InChI=1S/C11H22F3N3/c1-16(2)10-3-6-17(7-4-10)8-5-15-9-11(12,13)14/h10,15H,3-9H2,1-2H3. The molecule has 1 fully saturated rings. The molecule has 1 aliphatic heterocycles. The number of nitrogens with one attached hydrogen (secondary N) is 1. The highest BCUT2D eigenvalue weighted by Crippen LogP contribution is 2.14. The minimum Gasteiger partial charge on any atom is -0.307 e. The lowest BCUT2D eigenvalue weighted by Gasteiger charge is -2.35. The molecule has 0 aromatic rings. The van der Waals surface area contributed by atoms with Crippen molar-refractivity contribution in [3.05, 3.63) is 0 Å². The van der Waals surface area contributed by atoms with Crippen LogP contribution in [0.3, 0.4) is 0 Å². The van der Waals surface area contributed by atoms with Crippen molar-refractivity contribution in [2.24, 2.45) is 0 Å². The van der Waals surface area contributed by atoms with Crippen molar-refractivity contribution in [3.63, 3.8) is 0 Å². The van der Waals surface area contributed by atoms with Crippen LogP contribution >= 0.6 is 0 Å². The van der Waals surface area contributed by atoms with Gasteiger partial charge in [-0.05, 0) is 40.0 Å². The van der Waals surface area contributed by atoms with Crippen molar-refractivity contribution < 1.29 is 13.2 Å². The first-order valence-corrected chi connectivity index (χ1v) is 6.05. The molecule has 0 aromatic carbocycles. The van der Waals surface area contributed by atoms with Crippen LogP contribution in [0, 0.1) is 0 Å². The minimum absolute atomic E-state index is 0.409. The molecule has 1 N–H and O–H groups in total. The van der Waals surface area contributed by atoms with Crippen molar-refractivity contribution in [3.8, 4) is 0 Å². The first-order chi connectivity index (χ1) is 7.88. The van der Waals surface area contributed by atoms with Crippen LogP contribution in [0.15, 0.2) is 0 Å². The van der Waals surface area contributed by atoms with Crippen molar-refractivity contribution in [2.75, 3.05) is 46.8 Å². The van der Waals surface area contributed by atoms with E-state index < -0.39 is 12.7 Å². The normalized spacial score (nSPS) is 20.1. The quantitative estimate of drug-likeness (QED) is 0.742. The van der Waals surface area contributed by atoms with E-state index in [1.54, 1.807) is 0 Å². The molecular weight excluding hydrogens is 231 g/mol. The van der Waals surface area contributed by atoms with Gasteiger partial charge in [-0.25, -0.2) is 0 Å². The number of likely N-dealkylation sites (tertiary alicyclic amines) is 1. The molecule has 1 rings (SSSR count). The van der Waals surface area contributed by atoms with Crippen LogP contribution < -0.4 is 5.32 Å². The second-order valence-corrected chi connectivity index (χ2v) is 4.83. The summed E-state index contributed by atoms with van der Waals surface area (Å²) in [7, 11) is 4.15.